The number of hydrogen-bond acceptors (Lipinski definition) is 9. The highest BCUT2D eigenvalue weighted by molar-refractivity contribution is 7.54. The smallest absolute Gasteiger partial charge is 0.408 e. The van der Waals surface area contributed by atoms with Gasteiger partial charge in [-0.05, 0) is 67.9 Å². The summed E-state index contributed by atoms with van der Waals surface area (Å²) in [4.78, 5) is 42.3. The Balaban J connectivity index is 1.54. The van der Waals surface area contributed by atoms with Crippen molar-refractivity contribution in [2.75, 3.05) is 19.8 Å². The van der Waals surface area contributed by atoms with Gasteiger partial charge in [0.15, 0.2) is 5.72 Å². The van der Waals surface area contributed by atoms with Gasteiger partial charge in [0.2, 0.25) is 17.7 Å². The van der Waals surface area contributed by atoms with Gasteiger partial charge in [-0.2, -0.15) is 0 Å². The van der Waals surface area contributed by atoms with Crippen molar-refractivity contribution in [2.24, 2.45) is 5.92 Å². The molecule has 4 rings (SSSR count). The van der Waals surface area contributed by atoms with E-state index in [-0.39, 0.29) is 44.5 Å². The normalized spacial score (nSPS) is 17.8. The third-order valence-electron chi connectivity index (χ3n) is 9.27. The Morgan fingerprint density at radius 2 is 1.72 bits per heavy atom. The van der Waals surface area contributed by atoms with Crippen LogP contribution in [0.5, 0.6) is 0 Å². The summed E-state index contributed by atoms with van der Waals surface area (Å²) in [6.45, 7) is 3.64. The molecule has 4 N–H and O–H groups in total. The van der Waals surface area contributed by atoms with Crippen LogP contribution in [0, 0.1) is 5.92 Å². The lowest BCUT2D eigenvalue weighted by molar-refractivity contribution is -0.144. The molecule has 0 saturated heterocycles. The summed E-state index contributed by atoms with van der Waals surface area (Å²) >= 11 is 6.06. The number of ether oxygens (including phenoxy) is 1. The quantitative estimate of drug-likeness (QED) is 0.119. The first-order valence-corrected chi connectivity index (χ1v) is 19.6. The topological polar surface area (TPSA) is 164 Å². The minimum Gasteiger partial charge on any atom is -0.445 e. The molecule has 1 aliphatic heterocycles. The summed E-state index contributed by atoms with van der Waals surface area (Å²) in [7, 11) is -4.43. The third-order valence-corrected chi connectivity index (χ3v) is 11.8. The average molecular weight is 736 g/mol. The van der Waals surface area contributed by atoms with Crippen LogP contribution in [0.15, 0.2) is 48.5 Å². The van der Waals surface area contributed by atoms with Crippen molar-refractivity contribution in [1.29, 1.82) is 0 Å². The number of carbonyl (C=O) groups is 3. The molecule has 1 fully saturated rings. The van der Waals surface area contributed by atoms with Crippen molar-refractivity contribution in [3.8, 4) is 0 Å². The molecule has 1 saturated carbocycles. The van der Waals surface area contributed by atoms with Crippen molar-refractivity contribution in [3.63, 3.8) is 0 Å². The number of nitrogens with zero attached hydrogens (tertiary/aromatic N) is 1. The number of carbonyl (C=O) groups excluding carboxylic acids is 3. The number of aryl methyl sites for hydroxylation is 1. The van der Waals surface area contributed by atoms with Gasteiger partial charge in [-0.1, -0.05) is 80.1 Å². The van der Waals surface area contributed by atoms with Gasteiger partial charge in [-0.15, -0.1) is 0 Å². The van der Waals surface area contributed by atoms with Crippen LogP contribution in [0.2, 0.25) is 5.02 Å². The Hall–Kier alpha value is -2.99. The summed E-state index contributed by atoms with van der Waals surface area (Å²) in [6.07, 6.45) is 4.90. The van der Waals surface area contributed by atoms with Crippen molar-refractivity contribution in [1.82, 2.24) is 15.5 Å². The van der Waals surface area contributed by atoms with Crippen LogP contribution in [0.25, 0.3) is 0 Å². The minimum atomic E-state index is -4.43. The Bertz CT molecular complexity index is 1480. The second-order valence-electron chi connectivity index (χ2n) is 13.0. The monoisotopic (exact) mass is 735 g/mol. The van der Waals surface area contributed by atoms with Gasteiger partial charge >= 0.3 is 13.7 Å². The molecule has 2 aromatic rings. The lowest BCUT2D eigenvalue weighted by Gasteiger charge is -2.38. The molecule has 2 unspecified atom stereocenters. The average Bonchev–Trinajstić information content (AvgIpc) is 3.33. The van der Waals surface area contributed by atoms with E-state index in [4.69, 9.17) is 25.4 Å². The molecule has 1 aliphatic carbocycles. The predicted octanol–water partition coefficient (Wildman–Crippen LogP) is 6.05. The summed E-state index contributed by atoms with van der Waals surface area (Å²) in [5.74, 6) is -3.30. The maximum Gasteiger partial charge on any atom is 0.408 e. The molecular weight excluding hydrogens is 685 g/mol. The molecule has 50 heavy (non-hydrogen) atoms. The number of nitrogens with one attached hydrogen (secondary N) is 2. The summed E-state index contributed by atoms with van der Waals surface area (Å²) in [5, 5.41) is 29.1. The molecule has 3 atom stereocenters. The highest BCUT2D eigenvalue weighted by Gasteiger charge is 2.51. The predicted molar refractivity (Wildman–Crippen MR) is 189 cm³/mol. The number of amides is 3. The van der Waals surface area contributed by atoms with Gasteiger partial charge in [0.1, 0.15) is 12.6 Å². The molecule has 12 nitrogen and oxygen atoms in total. The van der Waals surface area contributed by atoms with Crippen LogP contribution in [-0.4, -0.2) is 70.4 Å². The van der Waals surface area contributed by atoms with Crippen LogP contribution in [0.3, 0.4) is 0 Å². The number of aliphatic hydroxyl groups excluding tert-OH is 1. The second-order valence-corrected chi connectivity index (χ2v) is 15.5. The molecule has 0 spiro atoms. The van der Waals surface area contributed by atoms with E-state index < -0.39 is 43.6 Å². The first-order valence-electron chi connectivity index (χ1n) is 17.6. The lowest BCUT2D eigenvalue weighted by Crippen LogP contribution is -2.61. The Morgan fingerprint density at radius 3 is 2.40 bits per heavy atom. The fourth-order valence-electron chi connectivity index (χ4n) is 6.67. The maximum atomic E-state index is 14.0. The number of halogens is 1. The molecule has 0 radical (unpaired) electrons. The van der Waals surface area contributed by atoms with Gasteiger partial charge in [0.05, 0.1) is 13.2 Å². The summed E-state index contributed by atoms with van der Waals surface area (Å²) in [6, 6.07) is 13.5. The van der Waals surface area contributed by atoms with Crippen molar-refractivity contribution in [2.45, 2.75) is 109 Å². The fraction of sp³-hybridized carbons (Fsp3) is 0.583. The van der Waals surface area contributed by atoms with E-state index in [1.165, 1.54) is 5.56 Å². The molecule has 2 aliphatic rings. The minimum absolute atomic E-state index is 0.0954. The molecule has 14 heteroatoms. The molecular formula is C36H51ClN3O9P. The Kier molecular flexibility index (Phi) is 15.1. The van der Waals surface area contributed by atoms with Crippen LogP contribution in [-0.2, 0) is 47.5 Å². The Labute approximate surface area is 299 Å². The van der Waals surface area contributed by atoms with E-state index >= 15 is 0 Å². The van der Waals surface area contributed by atoms with Crippen molar-refractivity contribution >= 4 is 37.1 Å². The van der Waals surface area contributed by atoms with Crippen LogP contribution in [0.1, 0.15) is 88.3 Å². The van der Waals surface area contributed by atoms with E-state index in [0.29, 0.717) is 23.7 Å². The van der Waals surface area contributed by atoms with E-state index in [0.717, 1.165) is 50.5 Å². The summed E-state index contributed by atoms with van der Waals surface area (Å²) < 4.78 is 29.9. The Morgan fingerprint density at radius 1 is 1.02 bits per heavy atom. The maximum absolute atomic E-state index is 14.0. The number of hydrogen-bond donors (Lipinski definition) is 4. The molecule has 0 bridgehead atoms. The molecule has 1 heterocycles. The van der Waals surface area contributed by atoms with Crippen molar-refractivity contribution < 1.29 is 42.9 Å². The number of aliphatic hydroxyl groups is 2. The van der Waals surface area contributed by atoms with Crippen LogP contribution < -0.4 is 10.6 Å². The zero-order chi connectivity index (χ0) is 36.1. The summed E-state index contributed by atoms with van der Waals surface area (Å²) in [5.41, 5.74) is 0.212. The lowest BCUT2D eigenvalue weighted by atomic mass is 9.84. The number of benzene rings is 2. The molecule has 276 valence electrons. The molecule has 3 amide bonds. The van der Waals surface area contributed by atoms with Crippen LogP contribution in [0.4, 0.5) is 4.79 Å². The highest BCUT2D eigenvalue weighted by Crippen LogP contribution is 2.55. The van der Waals surface area contributed by atoms with Crippen molar-refractivity contribution in [3.05, 3.63) is 70.2 Å². The SMILES string of the molecule is CCOP(=O)(OCC)C(O)C(O)(CCC(=O)N1CCCc2ccccc2C1)NC(=O)[C@H](CC1CCCCC1)NC(=O)OCc1cccc(Cl)c1. The van der Waals surface area contributed by atoms with Gasteiger partial charge in [0.25, 0.3) is 0 Å². The van der Waals surface area contributed by atoms with E-state index in [2.05, 4.69) is 10.6 Å². The van der Waals surface area contributed by atoms with Gasteiger partial charge in [-0.3, -0.25) is 14.2 Å². The zero-order valence-corrected chi connectivity index (χ0v) is 30.6. The van der Waals surface area contributed by atoms with Gasteiger partial charge < -0.3 is 39.5 Å². The standard InChI is InChI=1S/C36H51ClN3O9P/c1-3-48-50(46,49-4-2)34(43)36(45,20-19-32(41)40-21-11-17-28-15-8-9-16-29(28)24-40)39-33(42)31(23-26-12-6-5-7-13-26)38-35(44)47-25-27-14-10-18-30(37)22-27/h8-10,14-16,18,22,26,31,34,43,45H,3-7,11-13,17,19-21,23-25H2,1-2H3,(H,38,44)(H,39,42)/t31-,34?,36?/m0/s1. The first-order chi connectivity index (χ1) is 24.0. The van der Waals surface area contributed by atoms with Gasteiger partial charge in [-0.25, -0.2) is 4.79 Å². The van der Waals surface area contributed by atoms with E-state index in [9.17, 15) is 29.2 Å². The van der Waals surface area contributed by atoms with Gasteiger partial charge in [0, 0.05) is 31.0 Å². The fourth-order valence-corrected chi connectivity index (χ4v) is 8.68. The highest BCUT2D eigenvalue weighted by atomic mass is 35.5. The van der Waals surface area contributed by atoms with E-state index in [1.807, 2.05) is 24.3 Å². The molecule has 0 aromatic heterocycles. The van der Waals surface area contributed by atoms with E-state index in [1.54, 1.807) is 43.0 Å². The molecule has 2 aromatic carbocycles. The zero-order valence-electron chi connectivity index (χ0n) is 29.0. The number of fused-ring (bicyclic) bond motifs is 1. The van der Waals surface area contributed by atoms with Crippen LogP contribution >= 0.6 is 19.2 Å². The first kappa shape index (κ1) is 39.8. The number of rotatable bonds is 16. The number of alkyl carbamates (subject to hydrolysis) is 1. The largest absolute Gasteiger partial charge is 0.445 e. The third kappa shape index (κ3) is 11.3. The second kappa shape index (κ2) is 19.0.